The molecule has 4 aliphatic rings. The molecule has 1 aromatic heterocycles. The van der Waals surface area contributed by atoms with Gasteiger partial charge < -0.3 is 14.2 Å². The maximum atomic E-state index is 13.6. The molecule has 4 unspecified atom stereocenters. The van der Waals surface area contributed by atoms with Crippen molar-refractivity contribution in [3.05, 3.63) is 47.2 Å². The Kier molecular flexibility index (Phi) is 3.61. The normalized spacial score (nSPS) is 34.6. The summed E-state index contributed by atoms with van der Waals surface area (Å²) in [5, 5.41) is 1.27. The van der Waals surface area contributed by atoms with Crippen LogP contribution < -0.4 is 0 Å². The molecule has 0 spiro atoms. The molecule has 4 heteroatoms. The van der Waals surface area contributed by atoms with Gasteiger partial charge >= 0.3 is 5.97 Å². The number of nitrogens with zero attached hydrogens (tertiary/aromatic N) is 1. The largest absolute Gasteiger partial charge is 0.468 e. The van der Waals surface area contributed by atoms with E-state index in [4.69, 9.17) is 4.74 Å². The number of hydrogen-bond donors (Lipinski definition) is 1. The number of aromatic amines is 1. The maximum Gasteiger partial charge on any atom is 0.324 e. The Morgan fingerprint density at radius 3 is 2.93 bits per heavy atom. The summed E-state index contributed by atoms with van der Waals surface area (Å²) in [7, 11) is 3.93. The van der Waals surface area contributed by atoms with Gasteiger partial charge in [-0.3, -0.25) is 4.79 Å². The van der Waals surface area contributed by atoms with E-state index in [0.717, 1.165) is 54.5 Å². The van der Waals surface area contributed by atoms with E-state index < -0.39 is 5.41 Å². The van der Waals surface area contributed by atoms with Gasteiger partial charge in [0, 0.05) is 29.4 Å². The smallest absolute Gasteiger partial charge is 0.324 e. The molecule has 1 saturated heterocycles. The van der Waals surface area contributed by atoms with Gasteiger partial charge in [0.1, 0.15) is 6.04 Å². The molecule has 2 aromatic rings. The molecule has 1 aromatic carbocycles. The summed E-state index contributed by atoms with van der Waals surface area (Å²) >= 11 is 0. The third kappa shape index (κ3) is 2.11. The number of carbonyl (C=O) groups is 1. The molecule has 4 atom stereocenters. The first-order chi connectivity index (χ1) is 13.0. The molecule has 4 nitrogen and oxygen atoms in total. The second-order valence-electron chi connectivity index (χ2n) is 8.91. The van der Waals surface area contributed by atoms with Gasteiger partial charge in [0.05, 0.1) is 27.2 Å². The Balaban J connectivity index is 1.87. The minimum absolute atomic E-state index is 0.0579. The van der Waals surface area contributed by atoms with E-state index in [1.165, 1.54) is 16.5 Å². The van der Waals surface area contributed by atoms with Crippen LogP contribution in [-0.4, -0.2) is 48.7 Å². The van der Waals surface area contributed by atoms with Crippen molar-refractivity contribution in [3.63, 3.8) is 0 Å². The van der Waals surface area contributed by atoms with Crippen molar-refractivity contribution in [2.24, 2.45) is 5.92 Å². The zero-order valence-electron chi connectivity index (χ0n) is 16.5. The summed E-state index contributed by atoms with van der Waals surface area (Å²) in [6, 6.07) is 8.67. The zero-order chi connectivity index (χ0) is 18.8. The van der Waals surface area contributed by atoms with E-state index in [1.54, 1.807) is 7.11 Å². The lowest BCUT2D eigenvalue weighted by atomic mass is 9.63. The summed E-state index contributed by atoms with van der Waals surface area (Å²) < 4.78 is 6.47. The predicted molar refractivity (Wildman–Crippen MR) is 107 cm³/mol. The number of para-hydroxylation sites is 1. The summed E-state index contributed by atoms with van der Waals surface area (Å²) in [6.07, 6.45) is 6.52. The Hall–Kier alpha value is -2.07. The van der Waals surface area contributed by atoms with Crippen LogP contribution in [0.5, 0.6) is 0 Å². The number of fused-ring (bicyclic) bond motifs is 4. The van der Waals surface area contributed by atoms with Crippen LogP contribution in [0.3, 0.4) is 0 Å². The number of quaternary nitrogens is 1. The lowest BCUT2D eigenvalue weighted by Gasteiger charge is -2.48. The maximum absolute atomic E-state index is 13.6. The van der Waals surface area contributed by atoms with Gasteiger partial charge in [-0.2, -0.15) is 0 Å². The number of benzene rings is 1. The number of allylic oxidation sites excluding steroid dienone is 1. The fourth-order valence-corrected chi connectivity index (χ4v) is 6.48. The minimum atomic E-state index is -0.602. The van der Waals surface area contributed by atoms with E-state index >= 15 is 0 Å². The number of esters is 1. The first-order valence-electron chi connectivity index (χ1n) is 10.3. The third-order valence-corrected chi connectivity index (χ3v) is 7.58. The molecule has 1 N–H and O–H groups in total. The average molecular weight is 365 g/mol. The standard InChI is InChI=1S/C23H29N2O2/c1-4-16-13-15-9-11-25(2)12-10-18-17-7-5-6-8-19(17)24-20(18)23(14-15,21(16)25)22(26)27-3/h5-8,13,15,21,24H,4,9-12,14H2,1-3H3/q+1. The quantitative estimate of drug-likeness (QED) is 0.501. The van der Waals surface area contributed by atoms with Gasteiger partial charge in [-0.15, -0.1) is 0 Å². The summed E-state index contributed by atoms with van der Waals surface area (Å²) in [4.78, 5) is 17.3. The molecule has 1 aliphatic carbocycles. The third-order valence-electron chi connectivity index (χ3n) is 7.58. The van der Waals surface area contributed by atoms with Gasteiger partial charge in [-0.05, 0) is 36.0 Å². The molecular formula is C23H29N2O2+. The van der Waals surface area contributed by atoms with E-state index in [9.17, 15) is 4.79 Å². The zero-order valence-corrected chi connectivity index (χ0v) is 16.5. The van der Waals surface area contributed by atoms with Gasteiger partial charge in [0.15, 0.2) is 5.41 Å². The van der Waals surface area contributed by atoms with Crippen molar-refractivity contribution in [3.8, 4) is 0 Å². The minimum Gasteiger partial charge on any atom is -0.468 e. The number of likely N-dealkylation sites (N-methyl/N-ethyl adjacent to an activating group) is 1. The van der Waals surface area contributed by atoms with Crippen molar-refractivity contribution in [1.82, 2.24) is 4.98 Å². The highest BCUT2D eigenvalue weighted by atomic mass is 16.5. The molecule has 4 heterocycles. The van der Waals surface area contributed by atoms with Gasteiger partial charge in [0.25, 0.3) is 0 Å². The second kappa shape index (κ2) is 5.71. The van der Waals surface area contributed by atoms with Crippen LogP contribution in [0.2, 0.25) is 0 Å². The average Bonchev–Trinajstić information content (AvgIpc) is 2.89. The first kappa shape index (κ1) is 17.1. The van der Waals surface area contributed by atoms with Crippen LogP contribution in [0.1, 0.15) is 37.4 Å². The van der Waals surface area contributed by atoms with E-state index in [0.29, 0.717) is 5.92 Å². The number of aromatic nitrogens is 1. The van der Waals surface area contributed by atoms with Crippen LogP contribution in [0.25, 0.3) is 10.9 Å². The predicted octanol–water partition coefficient (Wildman–Crippen LogP) is 3.71. The number of nitrogens with one attached hydrogen (secondary N) is 1. The SMILES string of the molecule is CCC1=CC2CC[N+]3(C)CCc4c([nH]c5ccccc45)C(C(=O)OC)(C2)C13. The number of hydrogen-bond acceptors (Lipinski definition) is 2. The molecule has 0 radical (unpaired) electrons. The Labute approximate surface area is 160 Å². The highest BCUT2D eigenvalue weighted by Gasteiger charge is 2.64. The highest BCUT2D eigenvalue weighted by molar-refractivity contribution is 5.91. The number of rotatable bonds is 2. The van der Waals surface area contributed by atoms with Crippen LogP contribution >= 0.6 is 0 Å². The molecule has 142 valence electrons. The number of ether oxygens (including phenoxy) is 1. The topological polar surface area (TPSA) is 42.1 Å². The summed E-state index contributed by atoms with van der Waals surface area (Å²) in [5.41, 5.74) is 4.46. The molecule has 0 amide bonds. The van der Waals surface area contributed by atoms with E-state index in [1.807, 2.05) is 0 Å². The van der Waals surface area contributed by atoms with Crippen LogP contribution in [0, 0.1) is 5.92 Å². The highest BCUT2D eigenvalue weighted by Crippen LogP contribution is 2.54. The molecule has 1 fully saturated rings. The molecule has 0 saturated carbocycles. The molecular weight excluding hydrogens is 336 g/mol. The second-order valence-corrected chi connectivity index (χ2v) is 8.91. The molecule has 3 aliphatic heterocycles. The molecule has 4 bridgehead atoms. The summed E-state index contributed by atoms with van der Waals surface area (Å²) in [6.45, 7) is 4.45. The molecule has 27 heavy (non-hydrogen) atoms. The van der Waals surface area contributed by atoms with Crippen molar-refractivity contribution < 1.29 is 14.0 Å². The van der Waals surface area contributed by atoms with Crippen LogP contribution in [0.15, 0.2) is 35.9 Å². The van der Waals surface area contributed by atoms with E-state index in [-0.39, 0.29) is 12.0 Å². The van der Waals surface area contributed by atoms with Crippen molar-refractivity contribution in [2.75, 3.05) is 27.2 Å². The molecule has 6 rings (SSSR count). The lowest BCUT2D eigenvalue weighted by molar-refractivity contribution is -0.929. The number of H-pyrrole nitrogens is 1. The fourth-order valence-electron chi connectivity index (χ4n) is 6.48. The van der Waals surface area contributed by atoms with Crippen molar-refractivity contribution >= 4 is 16.9 Å². The Bertz CT molecular complexity index is 958. The fraction of sp³-hybridized carbons (Fsp3) is 0.522. The Morgan fingerprint density at radius 1 is 1.33 bits per heavy atom. The monoisotopic (exact) mass is 365 g/mol. The van der Waals surface area contributed by atoms with Gasteiger partial charge in [0.2, 0.25) is 0 Å². The Morgan fingerprint density at radius 2 is 2.15 bits per heavy atom. The van der Waals surface area contributed by atoms with Crippen LogP contribution in [-0.2, 0) is 21.4 Å². The lowest BCUT2D eigenvalue weighted by Crippen LogP contribution is -2.64. The van der Waals surface area contributed by atoms with Crippen molar-refractivity contribution in [1.29, 1.82) is 0 Å². The van der Waals surface area contributed by atoms with E-state index in [2.05, 4.69) is 49.3 Å². The van der Waals surface area contributed by atoms with Gasteiger partial charge in [-0.25, -0.2) is 0 Å². The van der Waals surface area contributed by atoms with Crippen LogP contribution in [0.4, 0.5) is 0 Å². The number of carbonyl (C=O) groups excluding carboxylic acids is 1. The summed E-state index contributed by atoms with van der Waals surface area (Å²) in [5.74, 6) is 0.394. The van der Waals surface area contributed by atoms with Crippen molar-refractivity contribution in [2.45, 2.75) is 44.1 Å². The first-order valence-corrected chi connectivity index (χ1v) is 10.3. The number of methoxy groups -OCH3 is 1. The van der Waals surface area contributed by atoms with Gasteiger partial charge in [-0.1, -0.05) is 31.2 Å².